The van der Waals surface area contributed by atoms with Crippen LogP contribution in [-0.2, 0) is 28.0 Å². The third-order valence-corrected chi connectivity index (χ3v) is 0.566. The van der Waals surface area contributed by atoms with Crippen molar-refractivity contribution in [3.8, 4) is 0 Å². The van der Waals surface area contributed by atoms with Crippen LogP contribution < -0.4 is 0 Å². The molecule has 0 saturated heterocycles. The molecule has 1 aromatic rings. The van der Waals surface area contributed by atoms with Crippen LogP contribution >= 0.6 is 0 Å². The van der Waals surface area contributed by atoms with Crippen molar-refractivity contribution >= 4 is 0 Å². The SMILES string of the molecule is [Mn].[O-2].[O-2].c1ccncc1. The van der Waals surface area contributed by atoms with Crippen LogP contribution in [-0.4, -0.2) is 4.98 Å². The Morgan fingerprint density at radius 2 is 1.22 bits per heavy atom. The third kappa shape index (κ3) is 7.59. The summed E-state index contributed by atoms with van der Waals surface area (Å²) in [6.07, 6.45) is 3.50. The Labute approximate surface area is 64.2 Å². The number of nitrogens with zero attached hydrogens (tertiary/aromatic N) is 1. The Kier molecular flexibility index (Phi) is 18.6. The van der Waals surface area contributed by atoms with Crippen molar-refractivity contribution in [2.24, 2.45) is 0 Å². The van der Waals surface area contributed by atoms with Gasteiger partial charge in [0.25, 0.3) is 0 Å². The fourth-order valence-corrected chi connectivity index (χ4v) is 0.313. The second kappa shape index (κ2) is 10.5. The van der Waals surface area contributed by atoms with Gasteiger partial charge in [0, 0.05) is 29.5 Å². The molecule has 53 valence electrons. The zero-order valence-corrected chi connectivity index (χ0v) is 5.71. The van der Waals surface area contributed by atoms with Crippen molar-refractivity contribution in [2.75, 3.05) is 0 Å². The van der Waals surface area contributed by atoms with Gasteiger partial charge < -0.3 is 11.0 Å². The zero-order valence-electron chi connectivity index (χ0n) is 4.53. The first-order valence-electron chi connectivity index (χ1n) is 1.85. The molecule has 0 N–H and O–H groups in total. The molecular weight excluding hydrogens is 161 g/mol. The van der Waals surface area contributed by atoms with E-state index in [9.17, 15) is 0 Å². The topological polar surface area (TPSA) is 69.9 Å². The summed E-state index contributed by atoms with van der Waals surface area (Å²) in [5, 5.41) is 0. The Balaban J connectivity index is -0.000000120. The van der Waals surface area contributed by atoms with Gasteiger partial charge in [0.2, 0.25) is 0 Å². The molecule has 0 unspecified atom stereocenters. The molecule has 4 heteroatoms. The predicted octanol–water partition coefficient (Wildman–Crippen LogP) is 0.841. The van der Waals surface area contributed by atoms with Gasteiger partial charge in [0.1, 0.15) is 0 Å². The van der Waals surface area contributed by atoms with Crippen LogP contribution in [0.2, 0.25) is 0 Å². The molecule has 9 heavy (non-hydrogen) atoms. The van der Waals surface area contributed by atoms with Crippen molar-refractivity contribution < 1.29 is 28.0 Å². The fraction of sp³-hybridized carbons (Fsp3) is 0. The van der Waals surface area contributed by atoms with Gasteiger partial charge >= 0.3 is 0 Å². The van der Waals surface area contributed by atoms with E-state index in [1.165, 1.54) is 0 Å². The van der Waals surface area contributed by atoms with Crippen molar-refractivity contribution in [3.63, 3.8) is 0 Å². The van der Waals surface area contributed by atoms with E-state index in [2.05, 4.69) is 4.98 Å². The smallest absolute Gasteiger partial charge is 0.0267 e. The van der Waals surface area contributed by atoms with Gasteiger partial charge in [0.05, 0.1) is 0 Å². The summed E-state index contributed by atoms with van der Waals surface area (Å²) >= 11 is 0. The van der Waals surface area contributed by atoms with Crippen molar-refractivity contribution in [1.29, 1.82) is 0 Å². The Morgan fingerprint density at radius 1 is 0.778 bits per heavy atom. The van der Waals surface area contributed by atoms with Crippen LogP contribution in [0.4, 0.5) is 0 Å². The van der Waals surface area contributed by atoms with Crippen molar-refractivity contribution in [3.05, 3.63) is 30.6 Å². The predicted molar refractivity (Wildman–Crippen MR) is 25.6 cm³/mol. The average molecular weight is 166 g/mol. The largest absolute Gasteiger partial charge is 2.00 e. The molecule has 3 nitrogen and oxygen atoms in total. The molecule has 0 aliphatic rings. The number of hydrogen-bond donors (Lipinski definition) is 0. The average Bonchev–Trinajstić information content (AvgIpc) is 1.72. The fourth-order valence-electron chi connectivity index (χ4n) is 0.313. The first-order chi connectivity index (χ1) is 3.00. The van der Waals surface area contributed by atoms with Gasteiger partial charge in [-0.15, -0.1) is 0 Å². The first-order valence-corrected chi connectivity index (χ1v) is 1.85. The molecular formula is C5H5MnNO2-4. The van der Waals surface area contributed by atoms with Gasteiger partial charge in [-0.25, -0.2) is 0 Å². The van der Waals surface area contributed by atoms with Crippen LogP contribution in [0.1, 0.15) is 0 Å². The van der Waals surface area contributed by atoms with Crippen LogP contribution in [0, 0.1) is 0 Å². The molecule has 0 fully saturated rings. The summed E-state index contributed by atoms with van der Waals surface area (Å²) in [6, 6.07) is 5.72. The van der Waals surface area contributed by atoms with E-state index in [4.69, 9.17) is 0 Å². The van der Waals surface area contributed by atoms with Crippen molar-refractivity contribution in [1.82, 2.24) is 4.98 Å². The summed E-state index contributed by atoms with van der Waals surface area (Å²) < 4.78 is 0. The quantitative estimate of drug-likeness (QED) is 0.526. The maximum Gasteiger partial charge on any atom is 0.0267 e. The molecule has 1 rings (SSSR count). The molecule has 1 radical (unpaired) electrons. The zero-order chi connectivity index (χ0) is 4.24. The standard InChI is InChI=1S/C5H5N.Mn.2O/c1-2-4-6-5-3-1;;;/h1-5H;;;/q;;2*-2. The second-order valence-corrected chi connectivity index (χ2v) is 1.02. The van der Waals surface area contributed by atoms with E-state index < -0.39 is 0 Å². The van der Waals surface area contributed by atoms with Crippen molar-refractivity contribution in [2.45, 2.75) is 0 Å². The Hall–Kier alpha value is -0.411. The molecule has 0 aliphatic heterocycles. The molecule has 0 saturated carbocycles. The van der Waals surface area contributed by atoms with E-state index in [1.807, 2.05) is 18.2 Å². The van der Waals surface area contributed by atoms with Gasteiger partial charge in [-0.2, -0.15) is 0 Å². The minimum atomic E-state index is 0. The molecule has 0 amide bonds. The molecule has 1 aromatic heterocycles. The maximum atomic E-state index is 3.78. The number of pyridine rings is 1. The molecule has 1 heterocycles. The summed E-state index contributed by atoms with van der Waals surface area (Å²) in [5.74, 6) is 0. The van der Waals surface area contributed by atoms with E-state index in [0.717, 1.165) is 0 Å². The summed E-state index contributed by atoms with van der Waals surface area (Å²) in [6.45, 7) is 0. The minimum Gasteiger partial charge on any atom is -2.00 e. The first kappa shape index (κ1) is 15.8. The molecule has 0 atom stereocenters. The molecule has 0 aromatic carbocycles. The Bertz CT molecular complexity index is 86.9. The molecule has 0 aliphatic carbocycles. The maximum absolute atomic E-state index is 3.78. The summed E-state index contributed by atoms with van der Waals surface area (Å²) in [5.41, 5.74) is 0. The minimum absolute atomic E-state index is 0. The van der Waals surface area contributed by atoms with Gasteiger partial charge in [-0.1, -0.05) is 6.07 Å². The third-order valence-electron chi connectivity index (χ3n) is 0.566. The van der Waals surface area contributed by atoms with Gasteiger partial charge in [-0.3, -0.25) is 4.98 Å². The van der Waals surface area contributed by atoms with E-state index in [-0.39, 0.29) is 28.0 Å². The second-order valence-electron chi connectivity index (χ2n) is 1.02. The van der Waals surface area contributed by atoms with Crippen LogP contribution in [0.5, 0.6) is 0 Å². The van der Waals surface area contributed by atoms with Crippen LogP contribution in [0.15, 0.2) is 30.6 Å². The monoisotopic (exact) mass is 166 g/mol. The molecule has 0 spiro atoms. The number of hydrogen-bond acceptors (Lipinski definition) is 1. The van der Waals surface area contributed by atoms with E-state index >= 15 is 0 Å². The van der Waals surface area contributed by atoms with Crippen LogP contribution in [0.3, 0.4) is 0 Å². The Morgan fingerprint density at radius 3 is 1.33 bits per heavy atom. The number of rotatable bonds is 0. The van der Waals surface area contributed by atoms with E-state index in [0.29, 0.717) is 0 Å². The summed E-state index contributed by atoms with van der Waals surface area (Å²) in [4.78, 5) is 3.78. The van der Waals surface area contributed by atoms with E-state index in [1.54, 1.807) is 12.4 Å². The van der Waals surface area contributed by atoms with Gasteiger partial charge in [-0.05, 0) is 12.1 Å². The summed E-state index contributed by atoms with van der Waals surface area (Å²) in [7, 11) is 0. The normalized spacial score (nSPS) is 5.33. The molecule has 0 bridgehead atoms. The number of aromatic nitrogens is 1. The van der Waals surface area contributed by atoms with Gasteiger partial charge in [0.15, 0.2) is 0 Å². The van der Waals surface area contributed by atoms with Crippen LogP contribution in [0.25, 0.3) is 0 Å².